The summed E-state index contributed by atoms with van der Waals surface area (Å²) in [6.45, 7) is 5.44. The molecule has 0 spiro atoms. The van der Waals surface area contributed by atoms with E-state index in [9.17, 15) is 0 Å². The zero-order valence-electron chi connectivity index (χ0n) is 12.7. The third kappa shape index (κ3) is 3.20. The summed E-state index contributed by atoms with van der Waals surface area (Å²) in [5.74, 6) is 1.42. The number of rotatable bonds is 5. The fraction of sp³-hybridized carbons (Fsp3) is 0.333. The minimum atomic E-state index is 0.527. The van der Waals surface area contributed by atoms with E-state index in [1.54, 1.807) is 7.11 Å². The zero-order valence-corrected chi connectivity index (χ0v) is 12.7. The van der Waals surface area contributed by atoms with Gasteiger partial charge in [0, 0.05) is 6.54 Å². The minimum absolute atomic E-state index is 0.527. The standard InChI is InChI=1S/C18H23NO/c1-13-10-16(8-9-18(13)14(2)12-19-3)15-6-5-7-17(11-15)20-4/h5-11,14,19H,12H2,1-4H3. The largest absolute Gasteiger partial charge is 0.497 e. The van der Waals surface area contributed by atoms with Crippen LogP contribution in [0.5, 0.6) is 5.75 Å². The molecule has 0 aromatic heterocycles. The van der Waals surface area contributed by atoms with E-state index in [1.165, 1.54) is 22.3 Å². The molecule has 0 saturated heterocycles. The number of nitrogens with one attached hydrogen (secondary N) is 1. The van der Waals surface area contributed by atoms with Gasteiger partial charge in [0.05, 0.1) is 7.11 Å². The molecular weight excluding hydrogens is 246 g/mol. The Morgan fingerprint density at radius 1 is 1.10 bits per heavy atom. The Morgan fingerprint density at radius 3 is 2.50 bits per heavy atom. The van der Waals surface area contributed by atoms with Gasteiger partial charge in [-0.1, -0.05) is 37.3 Å². The van der Waals surface area contributed by atoms with Gasteiger partial charge < -0.3 is 10.1 Å². The van der Waals surface area contributed by atoms with Gasteiger partial charge in [0.15, 0.2) is 0 Å². The summed E-state index contributed by atoms with van der Waals surface area (Å²) < 4.78 is 5.29. The summed E-state index contributed by atoms with van der Waals surface area (Å²) in [5, 5.41) is 3.24. The smallest absolute Gasteiger partial charge is 0.119 e. The monoisotopic (exact) mass is 269 g/mol. The highest BCUT2D eigenvalue weighted by Crippen LogP contribution is 2.28. The molecule has 0 bridgehead atoms. The molecule has 106 valence electrons. The van der Waals surface area contributed by atoms with Gasteiger partial charge >= 0.3 is 0 Å². The summed E-state index contributed by atoms with van der Waals surface area (Å²) in [5.41, 5.74) is 5.18. The van der Waals surface area contributed by atoms with Crippen molar-refractivity contribution in [3.63, 3.8) is 0 Å². The second-order valence-electron chi connectivity index (χ2n) is 5.26. The number of benzene rings is 2. The first-order chi connectivity index (χ1) is 9.65. The molecule has 0 heterocycles. The van der Waals surface area contributed by atoms with Crippen LogP contribution < -0.4 is 10.1 Å². The first kappa shape index (κ1) is 14.6. The summed E-state index contributed by atoms with van der Waals surface area (Å²) in [7, 11) is 3.70. The van der Waals surface area contributed by atoms with Crippen LogP contribution in [0.1, 0.15) is 24.0 Å². The highest BCUT2D eigenvalue weighted by molar-refractivity contribution is 5.66. The molecule has 0 radical (unpaired) electrons. The van der Waals surface area contributed by atoms with E-state index >= 15 is 0 Å². The second kappa shape index (κ2) is 6.58. The first-order valence-electron chi connectivity index (χ1n) is 7.05. The lowest BCUT2D eigenvalue weighted by Crippen LogP contribution is -2.15. The van der Waals surface area contributed by atoms with Crippen molar-refractivity contribution in [3.05, 3.63) is 53.6 Å². The van der Waals surface area contributed by atoms with E-state index in [1.807, 2.05) is 19.2 Å². The molecule has 0 aliphatic rings. The van der Waals surface area contributed by atoms with Crippen molar-refractivity contribution < 1.29 is 4.74 Å². The molecule has 0 saturated carbocycles. The van der Waals surface area contributed by atoms with Crippen LogP contribution in [0.4, 0.5) is 0 Å². The lowest BCUT2D eigenvalue weighted by molar-refractivity contribution is 0.415. The van der Waals surface area contributed by atoms with Gasteiger partial charge in [-0.25, -0.2) is 0 Å². The fourth-order valence-electron chi connectivity index (χ4n) is 2.63. The Morgan fingerprint density at radius 2 is 1.85 bits per heavy atom. The van der Waals surface area contributed by atoms with E-state index in [-0.39, 0.29) is 0 Å². The fourth-order valence-corrected chi connectivity index (χ4v) is 2.63. The van der Waals surface area contributed by atoms with Crippen LogP contribution in [0, 0.1) is 6.92 Å². The molecule has 2 aromatic rings. The molecule has 0 aliphatic heterocycles. The quantitative estimate of drug-likeness (QED) is 0.886. The topological polar surface area (TPSA) is 21.3 Å². The van der Waals surface area contributed by atoms with Crippen LogP contribution in [-0.4, -0.2) is 20.7 Å². The highest BCUT2D eigenvalue weighted by Gasteiger charge is 2.09. The Labute approximate surface area is 121 Å². The molecule has 1 N–H and O–H groups in total. The van der Waals surface area contributed by atoms with Crippen molar-refractivity contribution in [1.29, 1.82) is 0 Å². The van der Waals surface area contributed by atoms with Crippen LogP contribution in [0.25, 0.3) is 11.1 Å². The average molecular weight is 269 g/mol. The molecule has 2 heteroatoms. The first-order valence-corrected chi connectivity index (χ1v) is 7.05. The molecule has 1 unspecified atom stereocenters. The van der Waals surface area contributed by atoms with Crippen LogP contribution >= 0.6 is 0 Å². The van der Waals surface area contributed by atoms with E-state index in [0.717, 1.165) is 12.3 Å². The number of hydrogen-bond acceptors (Lipinski definition) is 2. The summed E-state index contributed by atoms with van der Waals surface area (Å²) in [6, 6.07) is 14.9. The van der Waals surface area contributed by atoms with Crippen molar-refractivity contribution in [3.8, 4) is 16.9 Å². The number of likely N-dealkylation sites (N-methyl/N-ethyl adjacent to an activating group) is 1. The molecular formula is C18H23NO. The Bertz CT molecular complexity index is 577. The highest BCUT2D eigenvalue weighted by atomic mass is 16.5. The third-order valence-electron chi connectivity index (χ3n) is 3.71. The number of hydrogen-bond donors (Lipinski definition) is 1. The van der Waals surface area contributed by atoms with Gasteiger partial charge in [-0.05, 0) is 54.3 Å². The van der Waals surface area contributed by atoms with Gasteiger partial charge in [-0.2, -0.15) is 0 Å². The average Bonchev–Trinajstić information content (AvgIpc) is 2.47. The Hall–Kier alpha value is -1.80. The van der Waals surface area contributed by atoms with Crippen molar-refractivity contribution in [2.75, 3.05) is 20.7 Å². The molecule has 2 rings (SSSR count). The molecule has 20 heavy (non-hydrogen) atoms. The lowest BCUT2D eigenvalue weighted by Gasteiger charge is -2.15. The Kier molecular flexibility index (Phi) is 4.80. The maximum atomic E-state index is 5.29. The predicted molar refractivity (Wildman–Crippen MR) is 85.5 cm³/mol. The van der Waals surface area contributed by atoms with E-state index in [2.05, 4.69) is 49.5 Å². The van der Waals surface area contributed by atoms with E-state index < -0.39 is 0 Å². The van der Waals surface area contributed by atoms with Crippen molar-refractivity contribution in [2.24, 2.45) is 0 Å². The van der Waals surface area contributed by atoms with Gasteiger partial charge in [-0.15, -0.1) is 0 Å². The normalized spacial score (nSPS) is 12.2. The third-order valence-corrected chi connectivity index (χ3v) is 3.71. The van der Waals surface area contributed by atoms with Crippen LogP contribution in [0.15, 0.2) is 42.5 Å². The summed E-state index contributed by atoms with van der Waals surface area (Å²) in [4.78, 5) is 0. The number of aryl methyl sites for hydroxylation is 1. The van der Waals surface area contributed by atoms with E-state index in [0.29, 0.717) is 5.92 Å². The predicted octanol–water partition coefficient (Wildman–Crippen LogP) is 3.99. The van der Waals surface area contributed by atoms with Crippen molar-refractivity contribution >= 4 is 0 Å². The van der Waals surface area contributed by atoms with Crippen LogP contribution in [-0.2, 0) is 0 Å². The number of ether oxygens (including phenoxy) is 1. The maximum absolute atomic E-state index is 5.29. The second-order valence-corrected chi connectivity index (χ2v) is 5.26. The Balaban J connectivity index is 2.32. The summed E-state index contributed by atoms with van der Waals surface area (Å²) in [6.07, 6.45) is 0. The molecule has 1 atom stereocenters. The van der Waals surface area contributed by atoms with E-state index in [4.69, 9.17) is 4.74 Å². The number of methoxy groups -OCH3 is 1. The molecule has 0 fully saturated rings. The minimum Gasteiger partial charge on any atom is -0.497 e. The summed E-state index contributed by atoms with van der Waals surface area (Å²) >= 11 is 0. The lowest BCUT2D eigenvalue weighted by atomic mass is 9.93. The van der Waals surface area contributed by atoms with Crippen LogP contribution in [0.2, 0.25) is 0 Å². The van der Waals surface area contributed by atoms with Gasteiger partial charge in [0.1, 0.15) is 5.75 Å². The molecule has 2 aromatic carbocycles. The van der Waals surface area contributed by atoms with Crippen LogP contribution in [0.3, 0.4) is 0 Å². The van der Waals surface area contributed by atoms with Gasteiger partial charge in [0.25, 0.3) is 0 Å². The zero-order chi connectivity index (χ0) is 14.5. The maximum Gasteiger partial charge on any atom is 0.119 e. The van der Waals surface area contributed by atoms with Crippen molar-refractivity contribution in [2.45, 2.75) is 19.8 Å². The van der Waals surface area contributed by atoms with Crippen molar-refractivity contribution in [1.82, 2.24) is 5.32 Å². The van der Waals surface area contributed by atoms with Gasteiger partial charge in [0.2, 0.25) is 0 Å². The molecule has 2 nitrogen and oxygen atoms in total. The SMILES string of the molecule is CNCC(C)c1ccc(-c2cccc(OC)c2)cc1C. The van der Waals surface area contributed by atoms with Gasteiger partial charge in [-0.3, -0.25) is 0 Å². The molecule has 0 aliphatic carbocycles. The molecule has 0 amide bonds.